The van der Waals surface area contributed by atoms with Crippen LogP contribution in [0.1, 0.15) is 34.0 Å². The largest absolute Gasteiger partial charge is 0.377 e. The van der Waals surface area contributed by atoms with Crippen LogP contribution < -0.4 is 10.6 Å². The molecular formula is C20H16N4S. The summed E-state index contributed by atoms with van der Waals surface area (Å²) in [6.07, 6.45) is 1.90. The molecule has 4 heterocycles. The highest BCUT2D eigenvalue weighted by atomic mass is 32.1. The van der Waals surface area contributed by atoms with Gasteiger partial charge in [-0.3, -0.25) is 5.10 Å². The lowest BCUT2D eigenvalue weighted by Crippen LogP contribution is -2.29. The van der Waals surface area contributed by atoms with Crippen molar-refractivity contribution in [2.75, 3.05) is 10.6 Å². The van der Waals surface area contributed by atoms with Gasteiger partial charge in [-0.15, -0.1) is 11.3 Å². The summed E-state index contributed by atoms with van der Waals surface area (Å²) in [6, 6.07) is 17.9. The molecule has 0 unspecified atom stereocenters. The molecule has 0 bridgehead atoms. The highest BCUT2D eigenvalue weighted by Crippen LogP contribution is 2.57. The monoisotopic (exact) mass is 344 g/mol. The Labute approximate surface area is 148 Å². The van der Waals surface area contributed by atoms with Crippen molar-refractivity contribution < 1.29 is 0 Å². The zero-order valence-corrected chi connectivity index (χ0v) is 14.2. The second kappa shape index (κ2) is 4.86. The Hall–Kier alpha value is -2.79. The van der Waals surface area contributed by atoms with Gasteiger partial charge < -0.3 is 10.6 Å². The molecule has 4 nitrogen and oxygen atoms in total. The van der Waals surface area contributed by atoms with E-state index in [0.717, 1.165) is 10.9 Å². The molecular weight excluding hydrogens is 328 g/mol. The van der Waals surface area contributed by atoms with Crippen molar-refractivity contribution in [3.05, 3.63) is 76.1 Å². The number of nitrogens with zero attached hydrogens (tertiary/aromatic N) is 1. The van der Waals surface area contributed by atoms with Crippen LogP contribution in [0.5, 0.6) is 0 Å². The molecule has 2 aromatic carbocycles. The van der Waals surface area contributed by atoms with E-state index < -0.39 is 0 Å². The van der Waals surface area contributed by atoms with Gasteiger partial charge in [0.05, 0.1) is 23.8 Å². The number of fused-ring (bicyclic) bond motifs is 7. The molecule has 0 spiro atoms. The second-order valence-corrected chi connectivity index (χ2v) is 7.71. The third-order valence-electron chi connectivity index (χ3n) is 5.48. The van der Waals surface area contributed by atoms with Gasteiger partial charge in [0.1, 0.15) is 0 Å². The normalized spacial score (nSPS) is 23.4. The van der Waals surface area contributed by atoms with Crippen LogP contribution in [0.15, 0.2) is 60.1 Å². The first-order chi connectivity index (χ1) is 12.4. The molecule has 4 aromatic rings. The Bertz CT molecular complexity index is 1080. The minimum atomic E-state index is 0.241. The number of rotatable bonds is 1. The summed E-state index contributed by atoms with van der Waals surface area (Å²) in [5.41, 5.74) is 6.25. The minimum Gasteiger partial charge on any atom is -0.377 e. The molecule has 3 atom stereocenters. The van der Waals surface area contributed by atoms with E-state index in [4.69, 9.17) is 0 Å². The Morgan fingerprint density at radius 3 is 2.72 bits per heavy atom. The van der Waals surface area contributed by atoms with E-state index in [1.165, 1.54) is 27.4 Å². The standard InChI is InChI=1S/C20H16N4S/c1-2-5-13-12(4-1)16-19(15-6-3-9-25-15)23-14-8-7-11-10-21-24-18(11)17(14)20(16)22-13/h1-10,16,19-20,22-23H,(H,21,24)/t16-,19-,20-/m0/s1. The van der Waals surface area contributed by atoms with Crippen molar-refractivity contribution in [2.24, 2.45) is 0 Å². The van der Waals surface area contributed by atoms with Crippen LogP contribution in [0.4, 0.5) is 11.4 Å². The van der Waals surface area contributed by atoms with Gasteiger partial charge >= 0.3 is 0 Å². The highest BCUT2D eigenvalue weighted by Gasteiger charge is 2.44. The predicted octanol–water partition coefficient (Wildman–Crippen LogP) is 5.04. The van der Waals surface area contributed by atoms with Crippen LogP contribution in [0.25, 0.3) is 10.9 Å². The zero-order chi connectivity index (χ0) is 16.4. The first kappa shape index (κ1) is 13.5. The van der Waals surface area contributed by atoms with Crippen molar-refractivity contribution in [3.63, 3.8) is 0 Å². The quantitative estimate of drug-likeness (QED) is 0.453. The van der Waals surface area contributed by atoms with Crippen molar-refractivity contribution in [2.45, 2.75) is 18.0 Å². The molecule has 0 amide bonds. The lowest BCUT2D eigenvalue weighted by atomic mass is 9.79. The summed E-state index contributed by atoms with van der Waals surface area (Å²) in [7, 11) is 0. The van der Waals surface area contributed by atoms with Gasteiger partial charge in [0.25, 0.3) is 0 Å². The fraction of sp³-hybridized carbons (Fsp3) is 0.150. The SMILES string of the molecule is c1csc([C@@H]2Nc3ccc4cn[nH]c4c3[C@H]3Nc4ccccc4[C@H]32)c1. The number of hydrogen-bond acceptors (Lipinski definition) is 4. The summed E-state index contributed by atoms with van der Waals surface area (Å²) < 4.78 is 0. The Kier molecular flexibility index (Phi) is 2.62. The topological polar surface area (TPSA) is 52.7 Å². The van der Waals surface area contributed by atoms with Crippen molar-refractivity contribution in [1.29, 1.82) is 0 Å². The lowest BCUT2D eigenvalue weighted by Gasteiger charge is -2.37. The van der Waals surface area contributed by atoms with E-state index in [1.807, 2.05) is 17.5 Å². The van der Waals surface area contributed by atoms with Gasteiger partial charge in [-0.05, 0) is 35.2 Å². The van der Waals surface area contributed by atoms with Gasteiger partial charge in [0.15, 0.2) is 0 Å². The van der Waals surface area contributed by atoms with E-state index >= 15 is 0 Å². The van der Waals surface area contributed by atoms with Crippen LogP contribution >= 0.6 is 11.3 Å². The number of thiophene rings is 1. The van der Waals surface area contributed by atoms with Crippen LogP contribution in [-0.4, -0.2) is 10.2 Å². The van der Waals surface area contributed by atoms with E-state index in [-0.39, 0.29) is 12.1 Å². The van der Waals surface area contributed by atoms with E-state index in [0.29, 0.717) is 5.92 Å². The van der Waals surface area contributed by atoms with Crippen LogP contribution in [0, 0.1) is 0 Å². The highest BCUT2D eigenvalue weighted by molar-refractivity contribution is 7.10. The Balaban J connectivity index is 1.62. The smallest absolute Gasteiger partial charge is 0.0723 e. The molecule has 0 radical (unpaired) electrons. The zero-order valence-electron chi connectivity index (χ0n) is 13.4. The van der Waals surface area contributed by atoms with Crippen molar-refractivity contribution in [1.82, 2.24) is 10.2 Å². The number of aromatic nitrogens is 2. The van der Waals surface area contributed by atoms with Gasteiger partial charge in [0.2, 0.25) is 0 Å². The number of anilines is 2. The van der Waals surface area contributed by atoms with Crippen molar-refractivity contribution in [3.8, 4) is 0 Å². The Morgan fingerprint density at radius 2 is 1.80 bits per heavy atom. The molecule has 2 aromatic heterocycles. The van der Waals surface area contributed by atoms with E-state index in [2.05, 4.69) is 74.7 Å². The summed E-state index contributed by atoms with van der Waals surface area (Å²) in [6.45, 7) is 0. The van der Waals surface area contributed by atoms with Gasteiger partial charge in [-0.1, -0.05) is 24.3 Å². The van der Waals surface area contributed by atoms with Crippen LogP contribution in [0.2, 0.25) is 0 Å². The molecule has 2 aliphatic heterocycles. The molecule has 3 N–H and O–H groups in total. The summed E-state index contributed by atoms with van der Waals surface area (Å²) >= 11 is 1.82. The molecule has 122 valence electrons. The molecule has 6 rings (SSSR count). The molecule has 2 aliphatic rings. The second-order valence-electron chi connectivity index (χ2n) is 6.73. The number of benzene rings is 2. The molecule has 0 fully saturated rings. The van der Waals surface area contributed by atoms with E-state index in [9.17, 15) is 0 Å². The summed E-state index contributed by atoms with van der Waals surface area (Å²) in [4.78, 5) is 1.38. The fourth-order valence-electron chi connectivity index (χ4n) is 4.44. The third kappa shape index (κ3) is 1.79. The van der Waals surface area contributed by atoms with Crippen LogP contribution in [-0.2, 0) is 0 Å². The molecule has 0 saturated carbocycles. The minimum absolute atomic E-state index is 0.241. The first-order valence-corrected chi connectivity index (χ1v) is 9.39. The van der Waals surface area contributed by atoms with E-state index in [1.54, 1.807) is 0 Å². The number of para-hydroxylation sites is 1. The number of nitrogens with one attached hydrogen (secondary N) is 3. The van der Waals surface area contributed by atoms with Crippen LogP contribution in [0.3, 0.4) is 0 Å². The number of H-pyrrole nitrogens is 1. The lowest BCUT2D eigenvalue weighted by molar-refractivity contribution is 0.528. The fourth-order valence-corrected chi connectivity index (χ4v) is 5.26. The summed E-state index contributed by atoms with van der Waals surface area (Å²) in [5, 5.41) is 18.4. The Morgan fingerprint density at radius 1 is 0.880 bits per heavy atom. The van der Waals surface area contributed by atoms with Gasteiger partial charge in [0, 0.05) is 33.1 Å². The maximum absolute atomic E-state index is 4.26. The first-order valence-electron chi connectivity index (χ1n) is 8.51. The third-order valence-corrected chi connectivity index (χ3v) is 6.43. The molecule has 0 saturated heterocycles. The average Bonchev–Trinajstić information content (AvgIpc) is 3.38. The molecule has 5 heteroatoms. The average molecular weight is 344 g/mol. The molecule has 25 heavy (non-hydrogen) atoms. The number of hydrogen-bond donors (Lipinski definition) is 3. The maximum Gasteiger partial charge on any atom is 0.0723 e. The van der Waals surface area contributed by atoms with Crippen molar-refractivity contribution >= 4 is 33.6 Å². The molecule has 0 aliphatic carbocycles. The summed E-state index contributed by atoms with van der Waals surface area (Å²) in [5.74, 6) is 0.358. The predicted molar refractivity (Wildman–Crippen MR) is 102 cm³/mol. The van der Waals surface area contributed by atoms with Gasteiger partial charge in [-0.2, -0.15) is 5.10 Å². The van der Waals surface area contributed by atoms with Gasteiger partial charge in [-0.25, -0.2) is 0 Å². The number of aromatic amines is 1. The maximum atomic E-state index is 4.26.